The van der Waals surface area contributed by atoms with Gasteiger partial charge in [0.15, 0.2) is 0 Å². The summed E-state index contributed by atoms with van der Waals surface area (Å²) < 4.78 is 0. The van der Waals surface area contributed by atoms with Crippen LogP contribution in [0.25, 0.3) is 10.9 Å². The molecule has 0 radical (unpaired) electrons. The summed E-state index contributed by atoms with van der Waals surface area (Å²) in [4.78, 5) is 50.6. The third kappa shape index (κ3) is 6.83. The van der Waals surface area contributed by atoms with Crippen molar-refractivity contribution in [2.24, 2.45) is 5.73 Å². The van der Waals surface area contributed by atoms with Crippen LogP contribution in [0.5, 0.6) is 0 Å². The highest BCUT2D eigenvalue weighted by atomic mass is 32.2. The molecule has 168 valence electrons. The minimum atomic E-state index is -1.30. The van der Waals surface area contributed by atoms with Gasteiger partial charge in [0.2, 0.25) is 11.8 Å². The topological polar surface area (TPSA) is 154 Å². The Morgan fingerprint density at radius 3 is 2.65 bits per heavy atom. The number of fused-ring (bicyclic) bond motifs is 1. The molecule has 1 unspecified atom stereocenters. The van der Waals surface area contributed by atoms with E-state index in [1.54, 1.807) is 6.92 Å². The molecular formula is C21H28N4O5S. The summed E-state index contributed by atoms with van der Waals surface area (Å²) in [6, 6.07) is 5.55. The zero-order valence-corrected chi connectivity index (χ0v) is 18.3. The fourth-order valence-electron chi connectivity index (χ4n) is 3.19. The molecule has 2 aromatic rings. The number of carboxylic acid groups (broad SMARTS) is 1. The Morgan fingerprint density at radius 1 is 1.29 bits per heavy atom. The number of thioether (sulfide) groups is 1. The van der Waals surface area contributed by atoms with E-state index in [0.717, 1.165) is 16.5 Å². The van der Waals surface area contributed by atoms with Gasteiger partial charge in [-0.1, -0.05) is 18.2 Å². The van der Waals surface area contributed by atoms with Crippen molar-refractivity contribution in [3.05, 3.63) is 36.0 Å². The lowest BCUT2D eigenvalue weighted by Gasteiger charge is -2.27. The van der Waals surface area contributed by atoms with E-state index in [2.05, 4.69) is 15.6 Å². The van der Waals surface area contributed by atoms with Crippen LogP contribution >= 0.6 is 11.8 Å². The first kappa shape index (κ1) is 24.4. The van der Waals surface area contributed by atoms with Gasteiger partial charge in [-0.25, -0.2) is 0 Å². The highest BCUT2D eigenvalue weighted by Crippen LogP contribution is 2.22. The van der Waals surface area contributed by atoms with Crippen molar-refractivity contribution in [2.45, 2.75) is 43.8 Å². The van der Waals surface area contributed by atoms with Crippen LogP contribution in [-0.4, -0.2) is 63.8 Å². The second-order valence-corrected chi connectivity index (χ2v) is 8.60. The summed E-state index contributed by atoms with van der Waals surface area (Å²) in [5.74, 6) is -1.77. The molecule has 0 aliphatic rings. The highest BCUT2D eigenvalue weighted by molar-refractivity contribution is 7.98. The molecule has 0 fully saturated rings. The normalized spacial score (nSPS) is 14.9. The van der Waals surface area contributed by atoms with Gasteiger partial charge >= 0.3 is 5.97 Å². The van der Waals surface area contributed by atoms with Crippen LogP contribution < -0.4 is 16.4 Å². The predicted octanol–water partition coefficient (Wildman–Crippen LogP) is 0.824. The molecule has 1 heterocycles. The van der Waals surface area contributed by atoms with Crippen LogP contribution in [0.3, 0.4) is 0 Å². The van der Waals surface area contributed by atoms with Gasteiger partial charge in [0.25, 0.3) is 0 Å². The number of para-hydroxylation sites is 1. The molecule has 0 aliphatic carbocycles. The van der Waals surface area contributed by atoms with Crippen molar-refractivity contribution in [3.63, 3.8) is 0 Å². The van der Waals surface area contributed by atoms with E-state index in [1.165, 1.54) is 11.8 Å². The number of benzene rings is 1. The molecule has 2 amide bonds. The third-order valence-corrected chi connectivity index (χ3v) is 5.51. The van der Waals surface area contributed by atoms with Crippen LogP contribution in [-0.2, 0) is 25.6 Å². The predicted molar refractivity (Wildman–Crippen MR) is 120 cm³/mol. The number of nitrogens with two attached hydrogens (primary N) is 1. The number of hydrogen-bond acceptors (Lipinski definition) is 6. The van der Waals surface area contributed by atoms with Gasteiger partial charge in [-0.2, -0.15) is 11.8 Å². The number of rotatable bonds is 12. The lowest BCUT2D eigenvalue weighted by atomic mass is 9.92. The Kier molecular flexibility index (Phi) is 8.64. The molecule has 0 spiro atoms. The number of aldehydes is 1. The number of carbonyl (C=O) groups excluding carboxylic acids is 3. The largest absolute Gasteiger partial charge is 0.481 e. The van der Waals surface area contributed by atoms with Crippen molar-refractivity contribution in [1.29, 1.82) is 0 Å². The first-order valence-corrected chi connectivity index (χ1v) is 11.2. The molecule has 6 N–H and O–H groups in total. The number of carbonyl (C=O) groups is 4. The van der Waals surface area contributed by atoms with E-state index in [1.807, 2.05) is 36.7 Å². The van der Waals surface area contributed by atoms with Crippen molar-refractivity contribution in [1.82, 2.24) is 15.6 Å². The number of nitrogens with one attached hydrogen (secondary N) is 3. The molecule has 1 aromatic carbocycles. The Hall–Kier alpha value is -2.85. The molecule has 0 saturated heterocycles. The molecule has 10 heteroatoms. The smallest absolute Gasteiger partial charge is 0.305 e. The maximum Gasteiger partial charge on any atom is 0.305 e. The number of aliphatic carboxylic acids is 1. The van der Waals surface area contributed by atoms with Crippen LogP contribution in [0, 0.1) is 0 Å². The molecule has 1 aromatic heterocycles. The minimum Gasteiger partial charge on any atom is -0.481 e. The lowest BCUT2D eigenvalue weighted by Crippen LogP contribution is -2.59. The van der Waals surface area contributed by atoms with Gasteiger partial charge in [-0.15, -0.1) is 0 Å². The maximum absolute atomic E-state index is 12.9. The van der Waals surface area contributed by atoms with E-state index >= 15 is 0 Å². The average molecular weight is 449 g/mol. The SMILES string of the molecule is CSCC[C@H](NC(=O)C(C)(N)Cc1c[nH]c2ccccc12)C(=O)N[C@H](C=O)CC(=O)O. The van der Waals surface area contributed by atoms with E-state index in [0.29, 0.717) is 18.5 Å². The second-order valence-electron chi connectivity index (χ2n) is 7.61. The number of hydrogen-bond donors (Lipinski definition) is 5. The van der Waals surface area contributed by atoms with Crippen LogP contribution in [0.15, 0.2) is 30.5 Å². The zero-order valence-electron chi connectivity index (χ0n) is 17.5. The average Bonchev–Trinajstić information content (AvgIpc) is 3.12. The Labute approximate surface area is 184 Å². The number of aromatic nitrogens is 1. The molecule has 2 rings (SSSR count). The van der Waals surface area contributed by atoms with Gasteiger partial charge < -0.3 is 31.3 Å². The van der Waals surface area contributed by atoms with Crippen molar-refractivity contribution >= 4 is 46.7 Å². The van der Waals surface area contributed by atoms with Gasteiger partial charge in [0.05, 0.1) is 18.0 Å². The first-order chi connectivity index (χ1) is 14.7. The summed E-state index contributed by atoms with van der Waals surface area (Å²) in [6.07, 6.45) is 4.05. The van der Waals surface area contributed by atoms with Gasteiger partial charge in [0, 0.05) is 23.5 Å². The van der Waals surface area contributed by atoms with Crippen LogP contribution in [0.4, 0.5) is 0 Å². The Bertz CT molecular complexity index is 943. The summed E-state index contributed by atoms with van der Waals surface area (Å²) in [7, 11) is 0. The van der Waals surface area contributed by atoms with Gasteiger partial charge in [-0.05, 0) is 37.0 Å². The molecule has 9 nitrogen and oxygen atoms in total. The van der Waals surface area contributed by atoms with Gasteiger partial charge in [0.1, 0.15) is 12.3 Å². The molecule has 3 atom stereocenters. The molecular weight excluding hydrogens is 420 g/mol. The molecule has 0 aliphatic heterocycles. The fraction of sp³-hybridized carbons (Fsp3) is 0.429. The van der Waals surface area contributed by atoms with E-state index in [9.17, 15) is 19.2 Å². The fourth-order valence-corrected chi connectivity index (χ4v) is 3.66. The van der Waals surface area contributed by atoms with Crippen LogP contribution in [0.1, 0.15) is 25.3 Å². The quantitative estimate of drug-likeness (QED) is 0.301. The summed E-state index contributed by atoms with van der Waals surface area (Å²) >= 11 is 1.49. The Balaban J connectivity index is 2.11. The molecule has 0 saturated carbocycles. The molecule has 0 bridgehead atoms. The van der Waals surface area contributed by atoms with E-state index in [4.69, 9.17) is 10.8 Å². The van der Waals surface area contributed by atoms with Crippen molar-refractivity contribution < 1.29 is 24.3 Å². The highest BCUT2D eigenvalue weighted by Gasteiger charge is 2.33. The lowest BCUT2D eigenvalue weighted by molar-refractivity contribution is -0.139. The number of aromatic amines is 1. The monoisotopic (exact) mass is 448 g/mol. The van der Waals surface area contributed by atoms with E-state index in [-0.39, 0.29) is 6.42 Å². The Morgan fingerprint density at radius 2 is 2.00 bits per heavy atom. The standard InChI is InChI=1S/C21H28N4O5S/c1-21(22,10-13-11-23-16-6-4-3-5-15(13)16)20(30)25-17(7-8-31-2)19(29)24-14(12-26)9-18(27)28/h3-6,11-12,14,17,23H,7-10,22H2,1-2H3,(H,24,29)(H,25,30)(H,27,28)/t14-,17-,21?/m0/s1. The van der Waals surface area contributed by atoms with Crippen molar-refractivity contribution in [3.8, 4) is 0 Å². The number of H-pyrrole nitrogens is 1. The summed E-state index contributed by atoms with van der Waals surface area (Å²) in [5, 5.41) is 14.9. The second kappa shape index (κ2) is 11.0. The van der Waals surface area contributed by atoms with E-state index < -0.39 is 41.8 Å². The minimum absolute atomic E-state index is 0.246. The summed E-state index contributed by atoms with van der Waals surface area (Å²) in [5.41, 5.74) is 6.83. The van der Waals surface area contributed by atoms with Crippen LogP contribution in [0.2, 0.25) is 0 Å². The first-order valence-electron chi connectivity index (χ1n) is 9.79. The van der Waals surface area contributed by atoms with Gasteiger partial charge in [-0.3, -0.25) is 14.4 Å². The zero-order chi connectivity index (χ0) is 23.0. The molecule has 31 heavy (non-hydrogen) atoms. The summed E-state index contributed by atoms with van der Waals surface area (Å²) in [6.45, 7) is 1.59. The number of amides is 2. The maximum atomic E-state index is 12.9. The van der Waals surface area contributed by atoms with Crippen molar-refractivity contribution in [2.75, 3.05) is 12.0 Å². The third-order valence-electron chi connectivity index (χ3n) is 4.87. The number of carboxylic acids is 1.